The minimum Gasteiger partial charge on any atom is -0.455 e. The van der Waals surface area contributed by atoms with Gasteiger partial charge in [0.15, 0.2) is 4.34 Å². The Morgan fingerprint density at radius 1 is 1.22 bits per heavy atom. The van der Waals surface area contributed by atoms with E-state index >= 15 is 0 Å². The number of nitrogens with one attached hydrogen (secondary N) is 1. The molecule has 0 saturated carbocycles. The zero-order chi connectivity index (χ0) is 22.7. The highest BCUT2D eigenvalue weighted by atomic mass is 35.5. The first-order valence-electron chi connectivity index (χ1n) is 9.07. The van der Waals surface area contributed by atoms with Gasteiger partial charge in [-0.05, 0) is 42.5 Å². The number of amides is 1. The average molecular weight is 496 g/mol. The molecule has 4 aromatic rings. The molecule has 0 fully saturated rings. The molecule has 0 atom stereocenters. The molecular formula is C21H13ClF3N3O2S2. The van der Waals surface area contributed by atoms with Gasteiger partial charge in [0.2, 0.25) is 0 Å². The summed E-state index contributed by atoms with van der Waals surface area (Å²) in [6, 6.07) is 13.7. The van der Waals surface area contributed by atoms with Crippen molar-refractivity contribution in [2.45, 2.75) is 10.5 Å². The van der Waals surface area contributed by atoms with Crippen LogP contribution < -0.4 is 5.43 Å². The number of carbonyl (C=O) groups is 1. The van der Waals surface area contributed by atoms with Crippen LogP contribution >= 0.6 is 34.7 Å². The number of thiazole rings is 1. The lowest BCUT2D eigenvalue weighted by atomic mass is 10.1. The summed E-state index contributed by atoms with van der Waals surface area (Å²) in [5.41, 5.74) is 2.54. The maximum Gasteiger partial charge on any atom is 0.416 e. The fourth-order valence-electron chi connectivity index (χ4n) is 2.70. The number of hydrogen-bond donors (Lipinski definition) is 1. The van der Waals surface area contributed by atoms with Crippen molar-refractivity contribution in [3.05, 3.63) is 70.9 Å². The van der Waals surface area contributed by atoms with E-state index in [2.05, 4.69) is 15.5 Å². The van der Waals surface area contributed by atoms with Crippen molar-refractivity contribution in [1.82, 2.24) is 10.4 Å². The van der Waals surface area contributed by atoms with Crippen LogP contribution in [-0.4, -0.2) is 22.9 Å². The van der Waals surface area contributed by atoms with Gasteiger partial charge in [0.25, 0.3) is 5.91 Å². The first-order chi connectivity index (χ1) is 15.3. The summed E-state index contributed by atoms with van der Waals surface area (Å²) in [6.45, 7) is 0. The number of benzene rings is 2. The standard InChI is InChI=1S/C21H13ClF3N3O2S2/c22-15-7-5-12(21(23,24)25)9-14(15)17-8-6-13(30-17)10-26-28-19(29)11-31-20-27-16-3-1-2-4-18(16)32-20/h1-10H,11H2,(H,28,29)/b26-10+. The molecule has 0 aliphatic heterocycles. The fourth-order valence-corrected chi connectivity index (χ4v) is 4.77. The van der Waals surface area contributed by atoms with Crippen molar-refractivity contribution < 1.29 is 22.4 Å². The summed E-state index contributed by atoms with van der Waals surface area (Å²) < 4.78 is 46.2. The molecule has 0 aliphatic carbocycles. The molecular weight excluding hydrogens is 483 g/mol. The van der Waals surface area contributed by atoms with E-state index in [0.29, 0.717) is 0 Å². The largest absolute Gasteiger partial charge is 0.455 e. The molecule has 164 valence electrons. The topological polar surface area (TPSA) is 67.5 Å². The number of hydrogen-bond acceptors (Lipinski definition) is 6. The minimum atomic E-state index is -4.50. The third-order valence-electron chi connectivity index (χ3n) is 4.17. The number of carbonyl (C=O) groups excluding carboxylic acids is 1. The molecule has 11 heteroatoms. The molecule has 0 radical (unpaired) electrons. The predicted molar refractivity (Wildman–Crippen MR) is 120 cm³/mol. The summed E-state index contributed by atoms with van der Waals surface area (Å²) in [5, 5.41) is 3.94. The lowest BCUT2D eigenvalue weighted by Crippen LogP contribution is -2.19. The van der Waals surface area contributed by atoms with Crippen molar-refractivity contribution in [1.29, 1.82) is 0 Å². The Balaban J connectivity index is 1.35. The lowest BCUT2D eigenvalue weighted by molar-refractivity contribution is -0.137. The van der Waals surface area contributed by atoms with Crippen LogP contribution in [0.5, 0.6) is 0 Å². The minimum absolute atomic E-state index is 0.109. The van der Waals surface area contributed by atoms with E-state index < -0.39 is 11.7 Å². The van der Waals surface area contributed by atoms with Gasteiger partial charge in [-0.3, -0.25) is 4.79 Å². The molecule has 2 heterocycles. The van der Waals surface area contributed by atoms with Crippen LogP contribution in [0.25, 0.3) is 21.5 Å². The smallest absolute Gasteiger partial charge is 0.416 e. The first kappa shape index (κ1) is 22.4. The lowest BCUT2D eigenvalue weighted by Gasteiger charge is -2.09. The Morgan fingerprint density at radius 2 is 2.03 bits per heavy atom. The highest BCUT2D eigenvalue weighted by molar-refractivity contribution is 8.01. The van der Waals surface area contributed by atoms with Crippen LogP contribution in [0.3, 0.4) is 0 Å². The predicted octanol–water partition coefficient (Wildman–Crippen LogP) is 6.47. The van der Waals surface area contributed by atoms with Crippen LogP contribution in [-0.2, 0) is 11.0 Å². The van der Waals surface area contributed by atoms with E-state index in [1.165, 1.54) is 47.5 Å². The van der Waals surface area contributed by atoms with E-state index in [-0.39, 0.29) is 33.8 Å². The van der Waals surface area contributed by atoms with E-state index in [0.717, 1.165) is 26.7 Å². The third kappa shape index (κ3) is 5.32. The molecule has 2 aromatic heterocycles. The molecule has 1 N–H and O–H groups in total. The van der Waals surface area contributed by atoms with Gasteiger partial charge in [0.1, 0.15) is 11.5 Å². The molecule has 0 unspecified atom stereocenters. The zero-order valence-corrected chi connectivity index (χ0v) is 18.4. The maximum absolute atomic E-state index is 12.9. The Hall–Kier alpha value is -2.82. The molecule has 4 rings (SSSR count). The van der Waals surface area contributed by atoms with Crippen LogP contribution in [0.2, 0.25) is 5.02 Å². The normalized spacial score (nSPS) is 12.0. The van der Waals surface area contributed by atoms with Gasteiger partial charge < -0.3 is 4.42 Å². The van der Waals surface area contributed by atoms with Crippen molar-refractivity contribution in [2.24, 2.45) is 5.10 Å². The van der Waals surface area contributed by atoms with Gasteiger partial charge >= 0.3 is 6.18 Å². The van der Waals surface area contributed by atoms with Crippen molar-refractivity contribution in [3.63, 3.8) is 0 Å². The average Bonchev–Trinajstić information content (AvgIpc) is 3.38. The summed E-state index contributed by atoms with van der Waals surface area (Å²) in [6.07, 6.45) is -3.24. The second-order valence-electron chi connectivity index (χ2n) is 6.42. The van der Waals surface area contributed by atoms with Crippen LogP contribution in [0.15, 0.2) is 68.5 Å². The van der Waals surface area contributed by atoms with Gasteiger partial charge in [-0.25, -0.2) is 10.4 Å². The molecule has 0 bridgehead atoms. The monoisotopic (exact) mass is 495 g/mol. The van der Waals surface area contributed by atoms with Crippen molar-refractivity contribution >= 4 is 57.0 Å². The number of para-hydroxylation sites is 1. The first-order valence-corrected chi connectivity index (χ1v) is 11.2. The quantitative estimate of drug-likeness (QED) is 0.189. The van der Waals surface area contributed by atoms with Gasteiger partial charge in [-0.2, -0.15) is 18.3 Å². The van der Waals surface area contributed by atoms with Gasteiger partial charge in [-0.1, -0.05) is 35.5 Å². The molecule has 0 saturated heterocycles. The number of fused-ring (bicyclic) bond motifs is 1. The Kier molecular flexibility index (Phi) is 6.54. The van der Waals surface area contributed by atoms with Crippen molar-refractivity contribution in [2.75, 3.05) is 5.75 Å². The van der Waals surface area contributed by atoms with Gasteiger partial charge in [0.05, 0.1) is 32.8 Å². The van der Waals surface area contributed by atoms with Gasteiger partial charge in [0, 0.05) is 5.56 Å². The van der Waals surface area contributed by atoms with Crippen LogP contribution in [0.4, 0.5) is 13.2 Å². The van der Waals surface area contributed by atoms with E-state index in [4.69, 9.17) is 16.0 Å². The maximum atomic E-state index is 12.9. The number of hydrazone groups is 1. The number of nitrogens with zero attached hydrogens (tertiary/aromatic N) is 2. The zero-order valence-electron chi connectivity index (χ0n) is 16.0. The summed E-state index contributed by atoms with van der Waals surface area (Å²) in [4.78, 5) is 16.4. The van der Waals surface area contributed by atoms with E-state index in [1.54, 1.807) is 0 Å². The number of furan rings is 1. The molecule has 2 aromatic carbocycles. The van der Waals surface area contributed by atoms with Crippen LogP contribution in [0.1, 0.15) is 11.3 Å². The Morgan fingerprint density at radius 3 is 2.81 bits per heavy atom. The molecule has 0 aliphatic rings. The van der Waals surface area contributed by atoms with Crippen molar-refractivity contribution in [3.8, 4) is 11.3 Å². The number of alkyl halides is 3. The molecule has 1 amide bonds. The fraction of sp³-hybridized carbons (Fsp3) is 0.0952. The highest BCUT2D eigenvalue weighted by Gasteiger charge is 2.31. The van der Waals surface area contributed by atoms with Crippen LogP contribution in [0, 0.1) is 0 Å². The SMILES string of the molecule is O=C(CSc1nc2ccccc2s1)N/N=C/c1ccc(-c2cc(C(F)(F)F)ccc2Cl)o1. The second kappa shape index (κ2) is 9.35. The number of rotatable bonds is 6. The summed E-state index contributed by atoms with van der Waals surface area (Å²) >= 11 is 8.82. The Labute approximate surface area is 193 Å². The number of halogens is 4. The van der Waals surface area contributed by atoms with E-state index in [9.17, 15) is 18.0 Å². The molecule has 5 nitrogen and oxygen atoms in total. The highest BCUT2D eigenvalue weighted by Crippen LogP contribution is 2.36. The number of thioether (sulfide) groups is 1. The second-order valence-corrected chi connectivity index (χ2v) is 9.08. The van der Waals surface area contributed by atoms with Gasteiger partial charge in [-0.15, -0.1) is 11.3 Å². The Bertz CT molecular complexity index is 1270. The molecule has 32 heavy (non-hydrogen) atoms. The summed E-state index contributed by atoms with van der Waals surface area (Å²) in [7, 11) is 0. The third-order valence-corrected chi connectivity index (χ3v) is 6.68. The van der Waals surface area contributed by atoms with E-state index in [1.807, 2.05) is 24.3 Å². The summed E-state index contributed by atoms with van der Waals surface area (Å²) in [5.74, 6) is 0.187. The number of aromatic nitrogens is 1. The molecule has 0 spiro atoms.